The van der Waals surface area contributed by atoms with Gasteiger partial charge in [0.2, 0.25) is 10.0 Å². The maximum atomic E-state index is 12.5. The van der Waals surface area contributed by atoms with Gasteiger partial charge in [-0.2, -0.15) is 4.31 Å². The molecule has 0 saturated heterocycles. The molecule has 0 atom stereocenters. The number of carbonyl (C=O) groups is 1. The van der Waals surface area contributed by atoms with Gasteiger partial charge in [0.1, 0.15) is 5.56 Å². The molecule has 0 aliphatic carbocycles. The van der Waals surface area contributed by atoms with E-state index in [4.69, 9.17) is 4.74 Å². The number of methoxy groups -OCH3 is 1. The van der Waals surface area contributed by atoms with Gasteiger partial charge in [0.15, 0.2) is 9.84 Å². The monoisotopic (exact) mass is 495 g/mol. The zero-order chi connectivity index (χ0) is 24.1. The van der Waals surface area contributed by atoms with Crippen molar-refractivity contribution < 1.29 is 26.4 Å². The molecule has 0 unspecified atom stereocenters. The van der Waals surface area contributed by atoms with E-state index in [1.807, 2.05) is 0 Å². The van der Waals surface area contributed by atoms with E-state index in [-0.39, 0.29) is 42.5 Å². The molecule has 10 nitrogen and oxygen atoms in total. The maximum absolute atomic E-state index is 12.5. The molecule has 0 fully saturated rings. The van der Waals surface area contributed by atoms with Crippen molar-refractivity contribution in [3.05, 3.63) is 75.1 Å². The van der Waals surface area contributed by atoms with Crippen LogP contribution in [0, 0.1) is 0 Å². The van der Waals surface area contributed by atoms with E-state index >= 15 is 0 Å². The van der Waals surface area contributed by atoms with Gasteiger partial charge in [-0.1, -0.05) is 24.3 Å². The smallest absolute Gasteiger partial charge is 0.261 e. The summed E-state index contributed by atoms with van der Waals surface area (Å²) in [5.74, 6) is -0.853. The van der Waals surface area contributed by atoms with Gasteiger partial charge in [-0.05, 0) is 23.8 Å². The van der Waals surface area contributed by atoms with Crippen molar-refractivity contribution >= 4 is 25.8 Å². The molecular formula is C21H25N3O7S2. The van der Waals surface area contributed by atoms with Gasteiger partial charge < -0.3 is 15.0 Å². The number of H-pyrrole nitrogens is 1. The molecule has 1 amide bonds. The summed E-state index contributed by atoms with van der Waals surface area (Å²) in [7, 11) is -5.76. The number of carbonyl (C=O) groups excluding carboxylic acids is 1. The number of hydrogen-bond donors (Lipinski definition) is 2. The number of aromatic amines is 1. The fourth-order valence-electron chi connectivity index (χ4n) is 3.32. The Morgan fingerprint density at radius 1 is 1.21 bits per heavy atom. The lowest BCUT2D eigenvalue weighted by atomic mass is 10.0. The molecule has 12 heteroatoms. The van der Waals surface area contributed by atoms with Crippen molar-refractivity contribution in [3.8, 4) is 0 Å². The molecule has 2 heterocycles. The standard InChI is InChI=1S/C21H25N3O7S2/c1-31-11-13-33(29,30)24-10-8-19-16(15-24)14-18(21(26)23-19)20(25)22-9-5-12-32(27,28)17-6-3-2-4-7-17/h2-7,12,14H,8-11,13,15H2,1H3,(H,22,25)(H,23,26)/b12-5+. The normalized spacial score (nSPS) is 14.8. The molecule has 3 rings (SSSR count). The second-order valence-corrected chi connectivity index (χ2v) is 11.3. The zero-order valence-electron chi connectivity index (χ0n) is 18.0. The van der Waals surface area contributed by atoms with Gasteiger partial charge in [0, 0.05) is 44.3 Å². The van der Waals surface area contributed by atoms with Crippen LogP contribution in [-0.4, -0.2) is 64.6 Å². The molecule has 1 aromatic carbocycles. The Balaban J connectivity index is 1.68. The summed E-state index contributed by atoms with van der Waals surface area (Å²) in [6.07, 6.45) is 1.59. The Kier molecular flexibility index (Phi) is 7.84. The number of sulfonamides is 1. The second kappa shape index (κ2) is 10.4. The van der Waals surface area contributed by atoms with Crippen LogP contribution >= 0.6 is 0 Å². The van der Waals surface area contributed by atoms with Crippen LogP contribution in [0.2, 0.25) is 0 Å². The highest BCUT2D eigenvalue weighted by molar-refractivity contribution is 7.94. The lowest BCUT2D eigenvalue weighted by Gasteiger charge is -2.28. The van der Waals surface area contributed by atoms with E-state index in [0.717, 1.165) is 5.41 Å². The fraction of sp³-hybridized carbons (Fsp3) is 0.333. The molecule has 0 saturated carbocycles. The van der Waals surface area contributed by atoms with Gasteiger partial charge in [0.05, 0.1) is 17.3 Å². The van der Waals surface area contributed by atoms with Gasteiger partial charge in [-0.3, -0.25) is 9.59 Å². The van der Waals surface area contributed by atoms with Crippen molar-refractivity contribution in [3.63, 3.8) is 0 Å². The number of pyridine rings is 1. The molecule has 2 aromatic rings. The summed E-state index contributed by atoms with van der Waals surface area (Å²) in [5, 5.41) is 3.47. The first-order valence-corrected chi connectivity index (χ1v) is 13.3. The van der Waals surface area contributed by atoms with Crippen LogP contribution in [0.4, 0.5) is 0 Å². The molecular weight excluding hydrogens is 470 g/mol. The van der Waals surface area contributed by atoms with Crippen LogP contribution < -0.4 is 10.9 Å². The minimum absolute atomic E-state index is 0.0354. The lowest BCUT2D eigenvalue weighted by Crippen LogP contribution is -2.40. The number of ether oxygens (including phenoxy) is 1. The van der Waals surface area contributed by atoms with E-state index in [0.29, 0.717) is 17.7 Å². The van der Waals surface area contributed by atoms with Crippen molar-refractivity contribution in [2.45, 2.75) is 17.9 Å². The van der Waals surface area contributed by atoms with E-state index < -0.39 is 31.3 Å². The van der Waals surface area contributed by atoms with Crippen LogP contribution in [0.25, 0.3) is 0 Å². The van der Waals surface area contributed by atoms with Crippen LogP contribution in [-0.2, 0) is 37.6 Å². The van der Waals surface area contributed by atoms with E-state index in [2.05, 4.69) is 10.3 Å². The minimum Gasteiger partial charge on any atom is -0.384 e. The van der Waals surface area contributed by atoms with Gasteiger partial charge in [0.25, 0.3) is 11.5 Å². The lowest BCUT2D eigenvalue weighted by molar-refractivity contribution is 0.0956. The summed E-state index contributed by atoms with van der Waals surface area (Å²) < 4.78 is 55.5. The first-order valence-electron chi connectivity index (χ1n) is 10.1. The first kappa shape index (κ1) is 24.8. The SMILES string of the molecule is COCCS(=O)(=O)N1CCc2[nH]c(=O)c(C(=O)NC/C=C/S(=O)(=O)c3ccccc3)cc2C1. The number of benzene rings is 1. The van der Waals surface area contributed by atoms with Crippen molar-refractivity contribution in [1.29, 1.82) is 0 Å². The Morgan fingerprint density at radius 3 is 2.64 bits per heavy atom. The maximum Gasteiger partial charge on any atom is 0.261 e. The van der Waals surface area contributed by atoms with Gasteiger partial charge in [-0.15, -0.1) is 0 Å². The molecule has 0 bridgehead atoms. The number of sulfone groups is 1. The Morgan fingerprint density at radius 2 is 1.94 bits per heavy atom. The molecule has 1 aromatic heterocycles. The highest BCUT2D eigenvalue weighted by Gasteiger charge is 2.28. The molecule has 0 spiro atoms. The van der Waals surface area contributed by atoms with Crippen molar-refractivity contribution in [1.82, 2.24) is 14.6 Å². The van der Waals surface area contributed by atoms with Crippen LogP contribution in [0.3, 0.4) is 0 Å². The van der Waals surface area contributed by atoms with Crippen molar-refractivity contribution in [2.24, 2.45) is 0 Å². The fourth-order valence-corrected chi connectivity index (χ4v) is 5.70. The van der Waals surface area contributed by atoms with Crippen molar-refractivity contribution in [2.75, 3.05) is 32.6 Å². The summed E-state index contributed by atoms with van der Waals surface area (Å²) in [4.78, 5) is 27.6. The summed E-state index contributed by atoms with van der Waals surface area (Å²) in [5.41, 5.74) is 0.352. The average molecular weight is 496 g/mol. The van der Waals surface area contributed by atoms with Crippen LogP contribution in [0.5, 0.6) is 0 Å². The summed E-state index contributed by atoms with van der Waals surface area (Å²) in [6.45, 7) is 0.215. The number of hydrogen-bond acceptors (Lipinski definition) is 7. The number of amides is 1. The highest BCUT2D eigenvalue weighted by Crippen LogP contribution is 2.20. The van der Waals surface area contributed by atoms with E-state index in [1.54, 1.807) is 18.2 Å². The van der Waals surface area contributed by atoms with Crippen LogP contribution in [0.1, 0.15) is 21.6 Å². The quantitative estimate of drug-likeness (QED) is 0.513. The third-order valence-electron chi connectivity index (χ3n) is 5.08. The number of aromatic nitrogens is 1. The van der Waals surface area contributed by atoms with E-state index in [1.165, 1.54) is 35.7 Å². The number of rotatable bonds is 9. The van der Waals surface area contributed by atoms with Crippen LogP contribution in [0.15, 0.2) is 57.6 Å². The number of fused-ring (bicyclic) bond motifs is 1. The molecule has 33 heavy (non-hydrogen) atoms. The highest BCUT2D eigenvalue weighted by atomic mass is 32.2. The molecule has 2 N–H and O–H groups in total. The third kappa shape index (κ3) is 6.16. The molecule has 1 aliphatic rings. The van der Waals surface area contributed by atoms with Gasteiger partial charge >= 0.3 is 0 Å². The summed E-state index contributed by atoms with van der Waals surface area (Å²) >= 11 is 0. The number of nitrogens with one attached hydrogen (secondary N) is 2. The predicted octanol–water partition coefficient (Wildman–Crippen LogP) is 0.427. The molecule has 0 radical (unpaired) electrons. The Hall–Kier alpha value is -2.80. The number of nitrogens with zero attached hydrogens (tertiary/aromatic N) is 1. The van der Waals surface area contributed by atoms with E-state index in [9.17, 15) is 26.4 Å². The largest absolute Gasteiger partial charge is 0.384 e. The minimum atomic E-state index is -3.64. The zero-order valence-corrected chi connectivity index (χ0v) is 19.6. The molecule has 178 valence electrons. The Labute approximate surface area is 192 Å². The van der Waals surface area contributed by atoms with Gasteiger partial charge in [-0.25, -0.2) is 16.8 Å². The first-order chi connectivity index (χ1) is 15.6. The Bertz CT molecular complexity index is 1300. The molecule has 1 aliphatic heterocycles. The topological polar surface area (TPSA) is 143 Å². The second-order valence-electron chi connectivity index (χ2n) is 7.35. The average Bonchev–Trinajstić information content (AvgIpc) is 2.80. The third-order valence-corrected chi connectivity index (χ3v) is 8.35. The summed E-state index contributed by atoms with van der Waals surface area (Å²) in [6, 6.07) is 9.22. The predicted molar refractivity (Wildman–Crippen MR) is 122 cm³/mol.